The van der Waals surface area contributed by atoms with E-state index in [0.29, 0.717) is 5.92 Å². The Hall–Kier alpha value is -2.09. The number of carbonyl (C=O) groups is 1. The van der Waals surface area contributed by atoms with Crippen LogP contribution in [0.3, 0.4) is 0 Å². The summed E-state index contributed by atoms with van der Waals surface area (Å²) >= 11 is 0. The Balaban J connectivity index is 2.01. The maximum atomic E-state index is 11.4. The molecule has 0 amide bonds. The van der Waals surface area contributed by atoms with Crippen LogP contribution in [0, 0.1) is 0 Å². The van der Waals surface area contributed by atoms with Gasteiger partial charge in [-0.15, -0.1) is 0 Å². The third-order valence-corrected chi connectivity index (χ3v) is 4.71. The summed E-state index contributed by atoms with van der Waals surface area (Å²) in [6.07, 6.45) is 1.11. The van der Waals surface area contributed by atoms with Gasteiger partial charge >= 0.3 is 5.97 Å². The molecular formula is C17H14O2. The molecule has 94 valence electrons. The van der Waals surface area contributed by atoms with Crippen molar-refractivity contribution >= 4 is 5.97 Å². The van der Waals surface area contributed by atoms with Gasteiger partial charge < -0.3 is 5.11 Å². The van der Waals surface area contributed by atoms with Gasteiger partial charge in [0.2, 0.25) is 0 Å². The first kappa shape index (κ1) is 10.8. The molecule has 0 spiro atoms. The lowest BCUT2D eigenvalue weighted by molar-refractivity contribution is -0.138. The molecule has 0 radical (unpaired) electrons. The van der Waals surface area contributed by atoms with Crippen LogP contribution in [0.1, 0.15) is 41.0 Å². The van der Waals surface area contributed by atoms with Crippen molar-refractivity contribution in [2.75, 3.05) is 0 Å². The molecule has 0 aliphatic heterocycles. The number of hydrogen-bond donors (Lipinski definition) is 1. The van der Waals surface area contributed by atoms with Crippen LogP contribution in [-0.4, -0.2) is 11.1 Å². The largest absolute Gasteiger partial charge is 0.481 e. The zero-order chi connectivity index (χ0) is 13.0. The molecule has 0 aromatic heterocycles. The Morgan fingerprint density at radius 1 is 1.05 bits per heavy atom. The van der Waals surface area contributed by atoms with E-state index in [0.717, 1.165) is 6.42 Å². The fourth-order valence-electron chi connectivity index (χ4n) is 4.10. The molecule has 0 saturated carbocycles. The smallest absolute Gasteiger partial charge is 0.304 e. The Labute approximate surface area is 111 Å². The predicted octanol–water partition coefficient (Wildman–Crippen LogP) is 3.30. The lowest BCUT2D eigenvalue weighted by atomic mass is 9.73. The molecule has 2 aromatic carbocycles. The molecule has 0 saturated heterocycles. The molecule has 2 aromatic rings. The van der Waals surface area contributed by atoms with E-state index in [1.807, 2.05) is 12.1 Å². The summed E-state index contributed by atoms with van der Waals surface area (Å²) in [4.78, 5) is 11.4. The van der Waals surface area contributed by atoms with E-state index in [1.54, 1.807) is 0 Å². The van der Waals surface area contributed by atoms with E-state index < -0.39 is 5.97 Å². The van der Waals surface area contributed by atoms with Crippen molar-refractivity contribution in [2.45, 2.75) is 24.2 Å². The summed E-state index contributed by atoms with van der Waals surface area (Å²) in [5.74, 6) is -0.334. The van der Waals surface area contributed by atoms with Crippen molar-refractivity contribution in [1.29, 1.82) is 0 Å². The van der Waals surface area contributed by atoms with Gasteiger partial charge in [0.05, 0.1) is 6.42 Å². The molecule has 0 fully saturated rings. The van der Waals surface area contributed by atoms with Gasteiger partial charge in [0.25, 0.3) is 0 Å². The van der Waals surface area contributed by atoms with Crippen molar-refractivity contribution in [3.8, 4) is 0 Å². The molecule has 1 N–H and O–H groups in total. The monoisotopic (exact) mass is 250 g/mol. The van der Waals surface area contributed by atoms with Crippen molar-refractivity contribution in [1.82, 2.24) is 0 Å². The van der Waals surface area contributed by atoms with Gasteiger partial charge in [0.1, 0.15) is 0 Å². The molecule has 0 atom stereocenters. The third kappa shape index (κ3) is 1.24. The van der Waals surface area contributed by atoms with Crippen LogP contribution in [0.4, 0.5) is 0 Å². The van der Waals surface area contributed by atoms with Crippen LogP contribution in [0.25, 0.3) is 0 Å². The van der Waals surface area contributed by atoms with E-state index in [2.05, 4.69) is 36.4 Å². The van der Waals surface area contributed by atoms with Gasteiger partial charge in [0.15, 0.2) is 0 Å². The summed E-state index contributed by atoms with van der Waals surface area (Å²) in [5, 5.41) is 9.34. The summed E-state index contributed by atoms with van der Waals surface area (Å²) < 4.78 is 0. The number of fused-ring (bicyclic) bond motifs is 8. The van der Waals surface area contributed by atoms with Gasteiger partial charge in [0, 0.05) is 11.3 Å². The number of aliphatic carboxylic acids is 1. The van der Waals surface area contributed by atoms with E-state index in [4.69, 9.17) is 0 Å². The average Bonchev–Trinajstić information content (AvgIpc) is 2.91. The second-order valence-electron chi connectivity index (χ2n) is 5.58. The normalized spacial score (nSPS) is 26.0. The van der Waals surface area contributed by atoms with E-state index in [9.17, 15) is 9.90 Å². The topological polar surface area (TPSA) is 37.3 Å². The highest BCUT2D eigenvalue weighted by molar-refractivity contribution is 5.74. The lowest BCUT2D eigenvalue weighted by Gasteiger charge is -2.29. The van der Waals surface area contributed by atoms with Crippen molar-refractivity contribution in [2.24, 2.45) is 0 Å². The standard InChI is InChI=1S/C17H14O2/c18-16(19)10-17-9-13(11-5-1-3-7-14(11)17)12-6-2-4-8-15(12)17/h1-8,13H,9-10H2,(H,18,19). The minimum Gasteiger partial charge on any atom is -0.481 e. The van der Waals surface area contributed by atoms with Crippen LogP contribution in [0.2, 0.25) is 0 Å². The predicted molar refractivity (Wildman–Crippen MR) is 72.4 cm³/mol. The number of carboxylic acid groups (broad SMARTS) is 1. The second-order valence-corrected chi connectivity index (χ2v) is 5.58. The van der Waals surface area contributed by atoms with E-state index >= 15 is 0 Å². The van der Waals surface area contributed by atoms with Crippen LogP contribution in [-0.2, 0) is 10.2 Å². The lowest BCUT2D eigenvalue weighted by Crippen LogP contribution is -2.27. The Kier molecular flexibility index (Phi) is 1.97. The first-order valence-electron chi connectivity index (χ1n) is 6.63. The van der Waals surface area contributed by atoms with Crippen LogP contribution in [0.15, 0.2) is 48.5 Å². The highest BCUT2D eigenvalue weighted by atomic mass is 16.4. The SMILES string of the molecule is O=C(O)CC12CC(c3ccccc31)c1ccccc12. The molecular weight excluding hydrogens is 236 g/mol. The van der Waals surface area contributed by atoms with Crippen LogP contribution < -0.4 is 0 Å². The average molecular weight is 250 g/mol. The highest BCUT2D eigenvalue weighted by Gasteiger charge is 2.53. The van der Waals surface area contributed by atoms with Crippen LogP contribution >= 0.6 is 0 Å². The van der Waals surface area contributed by atoms with Gasteiger partial charge in [-0.3, -0.25) is 4.79 Å². The number of hydrogen-bond acceptors (Lipinski definition) is 1. The van der Waals surface area contributed by atoms with E-state index in [1.165, 1.54) is 22.3 Å². The van der Waals surface area contributed by atoms with Gasteiger partial charge in [-0.05, 0) is 28.7 Å². The molecule has 2 aliphatic carbocycles. The first-order chi connectivity index (χ1) is 9.22. The Bertz CT molecular complexity index is 640. The maximum Gasteiger partial charge on any atom is 0.304 e. The minimum atomic E-state index is -0.716. The molecule has 2 heteroatoms. The summed E-state index contributed by atoms with van der Waals surface area (Å²) in [6.45, 7) is 0. The fourth-order valence-corrected chi connectivity index (χ4v) is 4.10. The molecule has 19 heavy (non-hydrogen) atoms. The van der Waals surface area contributed by atoms with Gasteiger partial charge in [-0.25, -0.2) is 0 Å². The zero-order valence-electron chi connectivity index (χ0n) is 10.5. The van der Waals surface area contributed by atoms with E-state index in [-0.39, 0.29) is 11.8 Å². The number of carboxylic acids is 1. The van der Waals surface area contributed by atoms with Crippen molar-refractivity contribution in [3.63, 3.8) is 0 Å². The molecule has 0 heterocycles. The molecule has 2 bridgehead atoms. The number of benzene rings is 2. The Morgan fingerprint density at radius 3 is 2.11 bits per heavy atom. The van der Waals surface area contributed by atoms with Crippen molar-refractivity contribution in [3.05, 3.63) is 70.8 Å². The summed E-state index contributed by atoms with van der Waals surface area (Å²) in [6, 6.07) is 16.7. The summed E-state index contributed by atoms with van der Waals surface area (Å²) in [7, 11) is 0. The van der Waals surface area contributed by atoms with Gasteiger partial charge in [-0.2, -0.15) is 0 Å². The molecule has 2 nitrogen and oxygen atoms in total. The Morgan fingerprint density at radius 2 is 1.58 bits per heavy atom. The second kappa shape index (κ2) is 3.47. The number of rotatable bonds is 2. The first-order valence-corrected chi connectivity index (χ1v) is 6.63. The highest BCUT2D eigenvalue weighted by Crippen LogP contribution is 2.61. The third-order valence-electron chi connectivity index (χ3n) is 4.71. The van der Waals surface area contributed by atoms with Crippen LogP contribution in [0.5, 0.6) is 0 Å². The molecule has 2 aliphatic rings. The fraction of sp³-hybridized carbons (Fsp3) is 0.235. The maximum absolute atomic E-state index is 11.4. The van der Waals surface area contributed by atoms with Crippen molar-refractivity contribution < 1.29 is 9.90 Å². The quantitative estimate of drug-likeness (QED) is 0.888. The molecule has 0 unspecified atom stereocenters. The zero-order valence-corrected chi connectivity index (χ0v) is 10.5. The summed E-state index contributed by atoms with van der Waals surface area (Å²) in [5.41, 5.74) is 4.79. The minimum absolute atomic E-state index is 0.192. The molecule has 4 rings (SSSR count). The van der Waals surface area contributed by atoms with Gasteiger partial charge in [-0.1, -0.05) is 48.5 Å².